The van der Waals surface area contributed by atoms with Gasteiger partial charge in [-0.2, -0.15) is 0 Å². The van der Waals surface area contributed by atoms with Gasteiger partial charge < -0.3 is 0 Å². The molecule has 2 heteroatoms. The predicted octanol–water partition coefficient (Wildman–Crippen LogP) is 3.82. The van der Waals surface area contributed by atoms with Crippen LogP contribution in [0.2, 0.25) is 5.02 Å². The average molecular weight is 203 g/mol. The van der Waals surface area contributed by atoms with Crippen molar-refractivity contribution >= 4 is 23.2 Å². The number of hydrogen-bond acceptors (Lipinski definition) is 0. The number of benzene rings is 1. The van der Waals surface area contributed by atoms with Crippen molar-refractivity contribution in [1.82, 2.24) is 0 Å². The molecule has 0 aromatic heterocycles. The Balaban J connectivity index is 2.72. The highest BCUT2D eigenvalue weighted by Crippen LogP contribution is 2.18. The van der Waals surface area contributed by atoms with E-state index in [0.717, 1.165) is 17.9 Å². The van der Waals surface area contributed by atoms with Crippen molar-refractivity contribution in [2.45, 2.75) is 19.8 Å². The van der Waals surface area contributed by atoms with Crippen LogP contribution in [0, 0.1) is 6.92 Å². The Morgan fingerprint density at radius 2 is 2.08 bits per heavy atom. The van der Waals surface area contributed by atoms with Crippen LogP contribution >= 0.6 is 23.2 Å². The Bertz CT molecular complexity index is 256. The van der Waals surface area contributed by atoms with Crippen molar-refractivity contribution in [2.75, 3.05) is 5.88 Å². The molecule has 0 nitrogen and oxygen atoms in total. The van der Waals surface area contributed by atoms with Crippen LogP contribution in [0.5, 0.6) is 0 Å². The highest BCUT2D eigenvalue weighted by molar-refractivity contribution is 6.31. The third kappa shape index (κ3) is 2.69. The van der Waals surface area contributed by atoms with Crippen molar-refractivity contribution in [1.29, 1.82) is 0 Å². The van der Waals surface area contributed by atoms with Crippen molar-refractivity contribution < 1.29 is 0 Å². The van der Waals surface area contributed by atoms with Crippen LogP contribution in [0.3, 0.4) is 0 Å². The van der Waals surface area contributed by atoms with Gasteiger partial charge in [0.05, 0.1) is 0 Å². The summed E-state index contributed by atoms with van der Waals surface area (Å²) in [6.07, 6.45) is 1.97. The van der Waals surface area contributed by atoms with E-state index < -0.39 is 0 Å². The van der Waals surface area contributed by atoms with E-state index in [1.165, 1.54) is 11.1 Å². The quantitative estimate of drug-likeness (QED) is 0.655. The molecule has 0 aliphatic carbocycles. The largest absolute Gasteiger partial charge is 0.127 e. The molecule has 0 saturated carbocycles. The molecule has 1 aromatic rings. The Labute approximate surface area is 83.5 Å². The third-order valence-electron chi connectivity index (χ3n) is 1.79. The predicted molar refractivity (Wildman–Crippen MR) is 55.2 cm³/mol. The van der Waals surface area contributed by atoms with Gasteiger partial charge in [0.15, 0.2) is 0 Å². The second-order valence-electron chi connectivity index (χ2n) is 2.89. The third-order valence-corrected chi connectivity index (χ3v) is 2.41. The lowest BCUT2D eigenvalue weighted by atomic mass is 10.1. The summed E-state index contributed by atoms with van der Waals surface area (Å²) in [5.41, 5.74) is 2.40. The van der Waals surface area contributed by atoms with Crippen LogP contribution in [0.15, 0.2) is 18.2 Å². The molecule has 66 valence electrons. The van der Waals surface area contributed by atoms with E-state index in [1.807, 2.05) is 13.0 Å². The molecule has 1 aromatic carbocycles. The first-order chi connectivity index (χ1) is 5.74. The molecule has 0 aliphatic heterocycles. The van der Waals surface area contributed by atoms with E-state index in [2.05, 4.69) is 12.1 Å². The fraction of sp³-hybridized carbons (Fsp3) is 0.400. The van der Waals surface area contributed by atoms with E-state index in [4.69, 9.17) is 23.2 Å². The van der Waals surface area contributed by atoms with Crippen LogP contribution in [0.25, 0.3) is 0 Å². The summed E-state index contributed by atoms with van der Waals surface area (Å²) in [5, 5.41) is 0.861. The number of aryl methyl sites for hydroxylation is 2. The molecule has 0 spiro atoms. The zero-order valence-corrected chi connectivity index (χ0v) is 8.62. The summed E-state index contributed by atoms with van der Waals surface area (Å²) in [7, 11) is 0. The van der Waals surface area contributed by atoms with E-state index in [1.54, 1.807) is 0 Å². The minimum Gasteiger partial charge on any atom is -0.127 e. The van der Waals surface area contributed by atoms with Gasteiger partial charge in [-0.25, -0.2) is 0 Å². The van der Waals surface area contributed by atoms with E-state index in [-0.39, 0.29) is 0 Å². The molecule has 0 atom stereocenters. The minimum absolute atomic E-state index is 0.699. The molecule has 0 fully saturated rings. The van der Waals surface area contributed by atoms with E-state index >= 15 is 0 Å². The molecular weight excluding hydrogens is 191 g/mol. The lowest BCUT2D eigenvalue weighted by Crippen LogP contribution is -1.88. The Hall–Kier alpha value is -0.200. The number of halogens is 2. The minimum atomic E-state index is 0.699. The first-order valence-corrected chi connectivity index (χ1v) is 4.96. The summed E-state index contributed by atoms with van der Waals surface area (Å²) >= 11 is 11.6. The highest BCUT2D eigenvalue weighted by Gasteiger charge is 1.98. The molecule has 0 saturated heterocycles. The topological polar surface area (TPSA) is 0 Å². The monoisotopic (exact) mass is 202 g/mol. The summed E-state index contributed by atoms with van der Waals surface area (Å²) in [6.45, 7) is 2.04. The maximum Gasteiger partial charge on any atom is 0.0440 e. The summed E-state index contributed by atoms with van der Waals surface area (Å²) in [6, 6.07) is 6.14. The maximum atomic E-state index is 6.02. The first kappa shape index (κ1) is 9.88. The summed E-state index contributed by atoms with van der Waals surface area (Å²) in [4.78, 5) is 0. The zero-order valence-electron chi connectivity index (χ0n) is 7.11. The van der Waals surface area contributed by atoms with Crippen molar-refractivity contribution in [3.63, 3.8) is 0 Å². The molecule has 0 amide bonds. The lowest BCUT2D eigenvalue weighted by Gasteiger charge is -2.03. The standard InChI is InChI=1S/C10H12Cl2/c1-8-4-5-9(3-2-6-11)10(12)7-8/h4-5,7H,2-3,6H2,1H3. The van der Waals surface area contributed by atoms with Crippen LogP contribution in [-0.2, 0) is 6.42 Å². The van der Waals surface area contributed by atoms with Gasteiger partial charge in [0.25, 0.3) is 0 Å². The molecule has 1 rings (SSSR count). The number of hydrogen-bond donors (Lipinski definition) is 0. The molecular formula is C10H12Cl2. The first-order valence-electron chi connectivity index (χ1n) is 4.05. The second-order valence-corrected chi connectivity index (χ2v) is 3.67. The number of alkyl halides is 1. The van der Waals surface area contributed by atoms with Gasteiger partial charge in [-0.15, -0.1) is 11.6 Å². The molecule has 0 heterocycles. The molecule has 12 heavy (non-hydrogen) atoms. The fourth-order valence-corrected chi connectivity index (χ4v) is 1.58. The van der Waals surface area contributed by atoms with Gasteiger partial charge in [-0.1, -0.05) is 23.7 Å². The van der Waals surface area contributed by atoms with Gasteiger partial charge >= 0.3 is 0 Å². The summed E-state index contributed by atoms with van der Waals surface area (Å²) in [5.74, 6) is 0.699. The second kappa shape index (κ2) is 4.74. The molecule has 0 aliphatic rings. The van der Waals surface area contributed by atoms with E-state index in [9.17, 15) is 0 Å². The Morgan fingerprint density at radius 1 is 1.33 bits per heavy atom. The van der Waals surface area contributed by atoms with Crippen LogP contribution in [-0.4, -0.2) is 5.88 Å². The van der Waals surface area contributed by atoms with Crippen LogP contribution in [0.1, 0.15) is 17.5 Å². The molecule has 0 N–H and O–H groups in total. The fourth-order valence-electron chi connectivity index (χ4n) is 1.11. The van der Waals surface area contributed by atoms with Gasteiger partial charge in [-0.05, 0) is 37.0 Å². The van der Waals surface area contributed by atoms with Crippen LogP contribution < -0.4 is 0 Å². The highest BCUT2D eigenvalue weighted by atomic mass is 35.5. The molecule has 0 radical (unpaired) electrons. The van der Waals surface area contributed by atoms with Gasteiger partial charge in [0.2, 0.25) is 0 Å². The average Bonchev–Trinajstić information content (AvgIpc) is 2.03. The summed E-state index contributed by atoms with van der Waals surface area (Å²) < 4.78 is 0. The van der Waals surface area contributed by atoms with Gasteiger partial charge in [0.1, 0.15) is 0 Å². The number of rotatable bonds is 3. The lowest BCUT2D eigenvalue weighted by molar-refractivity contribution is 0.928. The Kier molecular flexibility index (Phi) is 3.90. The smallest absolute Gasteiger partial charge is 0.0440 e. The van der Waals surface area contributed by atoms with Crippen molar-refractivity contribution in [3.05, 3.63) is 34.3 Å². The SMILES string of the molecule is Cc1ccc(CCCCl)c(Cl)c1. The zero-order chi connectivity index (χ0) is 8.97. The van der Waals surface area contributed by atoms with E-state index in [0.29, 0.717) is 5.88 Å². The maximum absolute atomic E-state index is 6.02. The van der Waals surface area contributed by atoms with Crippen molar-refractivity contribution in [2.24, 2.45) is 0 Å². The van der Waals surface area contributed by atoms with Gasteiger partial charge in [0, 0.05) is 10.9 Å². The Morgan fingerprint density at radius 3 is 2.67 bits per heavy atom. The normalized spacial score (nSPS) is 10.2. The van der Waals surface area contributed by atoms with Crippen molar-refractivity contribution in [3.8, 4) is 0 Å². The van der Waals surface area contributed by atoms with Gasteiger partial charge in [-0.3, -0.25) is 0 Å². The molecule has 0 unspecified atom stereocenters. The molecule has 0 bridgehead atoms. The van der Waals surface area contributed by atoms with Crippen LogP contribution in [0.4, 0.5) is 0 Å².